The molecule has 1 saturated heterocycles. The minimum atomic E-state index is 0.173. The third-order valence-corrected chi connectivity index (χ3v) is 3.69. The van der Waals surface area contributed by atoms with E-state index in [1.165, 1.54) is 0 Å². The summed E-state index contributed by atoms with van der Waals surface area (Å²) in [6.07, 6.45) is 2.58. The molecule has 116 valence electrons. The van der Waals surface area contributed by atoms with Crippen LogP contribution in [0.2, 0.25) is 0 Å². The van der Waals surface area contributed by atoms with E-state index in [1.807, 2.05) is 42.5 Å². The van der Waals surface area contributed by atoms with Crippen molar-refractivity contribution < 1.29 is 14.0 Å². The average Bonchev–Trinajstić information content (AvgIpc) is 3.28. The normalized spacial score (nSPS) is 17.3. The van der Waals surface area contributed by atoms with Crippen molar-refractivity contribution in [3.8, 4) is 23.0 Å². The molecule has 0 radical (unpaired) electrons. The molecule has 23 heavy (non-hydrogen) atoms. The highest BCUT2D eigenvalue weighted by Crippen LogP contribution is 2.31. The summed E-state index contributed by atoms with van der Waals surface area (Å²) in [5.74, 6) is 2.42. The molecule has 0 N–H and O–H groups in total. The Bertz CT molecular complexity index is 783. The number of pyridine rings is 1. The third-order valence-electron chi connectivity index (χ3n) is 3.69. The van der Waals surface area contributed by atoms with E-state index in [-0.39, 0.29) is 5.92 Å². The summed E-state index contributed by atoms with van der Waals surface area (Å²) < 4.78 is 16.6. The lowest BCUT2D eigenvalue weighted by molar-refractivity contribution is 0.189. The first kappa shape index (κ1) is 13.9. The lowest BCUT2D eigenvalue weighted by Gasteiger charge is -2.07. The molecule has 6 heteroatoms. The van der Waals surface area contributed by atoms with Crippen molar-refractivity contribution in [1.29, 1.82) is 0 Å². The van der Waals surface area contributed by atoms with Gasteiger partial charge in [-0.1, -0.05) is 23.4 Å². The Morgan fingerprint density at radius 2 is 2.00 bits per heavy atom. The van der Waals surface area contributed by atoms with Crippen molar-refractivity contribution in [2.75, 3.05) is 13.2 Å². The highest BCUT2D eigenvalue weighted by molar-refractivity contribution is 5.61. The van der Waals surface area contributed by atoms with Gasteiger partial charge in [-0.05, 0) is 30.7 Å². The number of para-hydroxylation sites is 1. The zero-order valence-corrected chi connectivity index (χ0v) is 12.4. The summed E-state index contributed by atoms with van der Waals surface area (Å²) in [5, 5.41) is 4.07. The Hall–Kier alpha value is -2.73. The van der Waals surface area contributed by atoms with E-state index < -0.39 is 0 Å². The number of nitrogens with zero attached hydrogens (tertiary/aromatic N) is 3. The van der Waals surface area contributed by atoms with Gasteiger partial charge in [-0.15, -0.1) is 0 Å². The fourth-order valence-corrected chi connectivity index (χ4v) is 2.48. The second-order valence-electron chi connectivity index (χ2n) is 5.29. The summed E-state index contributed by atoms with van der Waals surface area (Å²) in [6, 6.07) is 13.2. The Kier molecular flexibility index (Phi) is 3.73. The highest BCUT2D eigenvalue weighted by Gasteiger charge is 2.25. The van der Waals surface area contributed by atoms with Gasteiger partial charge >= 0.3 is 0 Å². The molecule has 0 aliphatic carbocycles. The number of rotatable bonds is 4. The van der Waals surface area contributed by atoms with Gasteiger partial charge in [0.1, 0.15) is 5.75 Å². The molecule has 3 heterocycles. The van der Waals surface area contributed by atoms with Crippen molar-refractivity contribution in [2.45, 2.75) is 12.3 Å². The Balaban J connectivity index is 1.64. The van der Waals surface area contributed by atoms with Gasteiger partial charge in [0.15, 0.2) is 0 Å². The van der Waals surface area contributed by atoms with E-state index in [1.54, 1.807) is 6.20 Å². The first-order valence-electron chi connectivity index (χ1n) is 7.50. The minimum absolute atomic E-state index is 0.173. The van der Waals surface area contributed by atoms with E-state index in [0.29, 0.717) is 35.5 Å². The van der Waals surface area contributed by atoms with Gasteiger partial charge in [0.2, 0.25) is 17.6 Å². The molecule has 3 aromatic rings. The number of benzene rings is 1. The second kappa shape index (κ2) is 6.18. The number of hydrogen-bond acceptors (Lipinski definition) is 6. The molecule has 6 nitrogen and oxygen atoms in total. The molecule has 0 unspecified atom stereocenters. The predicted molar refractivity (Wildman–Crippen MR) is 82.2 cm³/mol. The van der Waals surface area contributed by atoms with E-state index in [9.17, 15) is 0 Å². The van der Waals surface area contributed by atoms with Crippen molar-refractivity contribution in [1.82, 2.24) is 15.1 Å². The summed E-state index contributed by atoms with van der Waals surface area (Å²) in [5.41, 5.74) is 0.699. The summed E-state index contributed by atoms with van der Waals surface area (Å²) >= 11 is 0. The maximum atomic E-state index is 5.84. The van der Waals surface area contributed by atoms with Gasteiger partial charge in [0.05, 0.1) is 18.1 Å². The lowest BCUT2D eigenvalue weighted by Crippen LogP contribution is -1.98. The molecule has 1 aliphatic heterocycles. The maximum absolute atomic E-state index is 5.84. The van der Waals surface area contributed by atoms with Crippen molar-refractivity contribution in [3.63, 3.8) is 0 Å². The summed E-state index contributed by atoms with van der Waals surface area (Å²) in [4.78, 5) is 8.78. The van der Waals surface area contributed by atoms with E-state index in [0.717, 1.165) is 13.0 Å². The Morgan fingerprint density at radius 3 is 2.83 bits per heavy atom. The summed E-state index contributed by atoms with van der Waals surface area (Å²) in [6.45, 7) is 1.36. The van der Waals surface area contributed by atoms with Crippen molar-refractivity contribution >= 4 is 0 Å². The largest absolute Gasteiger partial charge is 0.438 e. The Labute approximate surface area is 133 Å². The van der Waals surface area contributed by atoms with Crippen LogP contribution >= 0.6 is 0 Å². The topological polar surface area (TPSA) is 70.3 Å². The van der Waals surface area contributed by atoms with Gasteiger partial charge in [-0.3, -0.25) is 0 Å². The van der Waals surface area contributed by atoms with Crippen LogP contribution in [-0.4, -0.2) is 28.3 Å². The van der Waals surface area contributed by atoms with Crippen LogP contribution in [0.3, 0.4) is 0 Å². The van der Waals surface area contributed by atoms with E-state index in [2.05, 4.69) is 15.1 Å². The van der Waals surface area contributed by atoms with E-state index in [4.69, 9.17) is 14.0 Å². The van der Waals surface area contributed by atoms with Crippen molar-refractivity contribution in [3.05, 3.63) is 54.6 Å². The predicted octanol–water partition coefficient (Wildman–Crippen LogP) is 3.43. The van der Waals surface area contributed by atoms with Crippen molar-refractivity contribution in [2.24, 2.45) is 0 Å². The second-order valence-corrected chi connectivity index (χ2v) is 5.29. The zero-order chi connectivity index (χ0) is 15.5. The van der Waals surface area contributed by atoms with Crippen LogP contribution in [0, 0.1) is 0 Å². The molecule has 1 fully saturated rings. The highest BCUT2D eigenvalue weighted by atomic mass is 16.5. The standard InChI is InChI=1S/C17H15N3O3/c1-2-5-13(6-3-1)22-17-14(7-4-9-18-17)15-19-16(23-20-15)12-8-10-21-11-12/h1-7,9,12H,8,10-11H2/t12-/m1/s1. The molecule has 0 spiro atoms. The molecule has 4 rings (SSSR count). The van der Waals surface area contributed by atoms with Gasteiger partial charge in [0.25, 0.3) is 0 Å². The first-order valence-corrected chi connectivity index (χ1v) is 7.50. The Morgan fingerprint density at radius 1 is 1.09 bits per heavy atom. The van der Waals surface area contributed by atoms with Gasteiger partial charge in [-0.25, -0.2) is 4.98 Å². The van der Waals surface area contributed by atoms with Gasteiger partial charge in [0, 0.05) is 12.8 Å². The van der Waals surface area contributed by atoms with Crippen LogP contribution in [0.4, 0.5) is 0 Å². The quantitative estimate of drug-likeness (QED) is 0.735. The van der Waals surface area contributed by atoms with Crippen LogP contribution in [0.25, 0.3) is 11.4 Å². The van der Waals surface area contributed by atoms with Crippen LogP contribution < -0.4 is 4.74 Å². The maximum Gasteiger partial charge on any atom is 0.232 e. The molecular formula is C17H15N3O3. The zero-order valence-electron chi connectivity index (χ0n) is 12.4. The number of ether oxygens (including phenoxy) is 2. The molecule has 1 aromatic carbocycles. The monoisotopic (exact) mass is 309 g/mol. The fourth-order valence-electron chi connectivity index (χ4n) is 2.48. The van der Waals surface area contributed by atoms with Crippen LogP contribution in [0.15, 0.2) is 53.2 Å². The number of hydrogen-bond donors (Lipinski definition) is 0. The van der Waals surface area contributed by atoms with Crippen LogP contribution in [0.1, 0.15) is 18.2 Å². The SMILES string of the molecule is c1ccc(Oc2ncccc2-c2noc([C@@H]3CCOC3)n2)cc1. The molecule has 0 saturated carbocycles. The van der Waals surface area contributed by atoms with Crippen LogP contribution in [-0.2, 0) is 4.74 Å². The molecule has 2 aromatic heterocycles. The minimum Gasteiger partial charge on any atom is -0.438 e. The fraction of sp³-hybridized carbons (Fsp3) is 0.235. The molecule has 1 aliphatic rings. The molecule has 0 amide bonds. The summed E-state index contributed by atoms with van der Waals surface area (Å²) in [7, 11) is 0. The molecule has 0 bridgehead atoms. The lowest BCUT2D eigenvalue weighted by atomic mass is 10.1. The first-order chi connectivity index (χ1) is 11.4. The molecular weight excluding hydrogens is 294 g/mol. The van der Waals surface area contributed by atoms with Gasteiger partial charge in [-0.2, -0.15) is 4.98 Å². The average molecular weight is 309 g/mol. The number of aromatic nitrogens is 3. The van der Waals surface area contributed by atoms with Gasteiger partial charge < -0.3 is 14.0 Å². The molecule has 1 atom stereocenters. The smallest absolute Gasteiger partial charge is 0.232 e. The van der Waals surface area contributed by atoms with E-state index >= 15 is 0 Å². The van der Waals surface area contributed by atoms with Crippen LogP contribution in [0.5, 0.6) is 11.6 Å². The third kappa shape index (κ3) is 2.93.